The predicted octanol–water partition coefficient (Wildman–Crippen LogP) is 1.04. The maximum Gasteiger partial charge on any atom is 0.472 e. The number of aromatic nitrogens is 5. The quantitative estimate of drug-likeness (QED) is 0.190. The van der Waals surface area contributed by atoms with Crippen molar-refractivity contribution in [3.05, 3.63) is 53.2 Å². The summed E-state index contributed by atoms with van der Waals surface area (Å²) in [5.74, 6) is -0.205. The summed E-state index contributed by atoms with van der Waals surface area (Å²) in [7, 11) is -4.75. The average Bonchev–Trinajstić information content (AvgIpc) is 3.71. The van der Waals surface area contributed by atoms with Gasteiger partial charge in [0.15, 0.2) is 17.4 Å². The first-order chi connectivity index (χ1) is 20.5. The monoisotopic (exact) mass is 656 g/mol. The number of fused-ring (bicyclic) bond motifs is 5. The number of rotatable bonds is 2. The Labute approximate surface area is 246 Å². The van der Waals surface area contributed by atoms with Crippen LogP contribution < -0.4 is 11.3 Å². The van der Waals surface area contributed by atoms with Crippen molar-refractivity contribution >= 4 is 54.4 Å². The number of imidazole rings is 1. The maximum absolute atomic E-state index is 13.1. The summed E-state index contributed by atoms with van der Waals surface area (Å²) in [6.07, 6.45) is -4.92. The average molecular weight is 657 g/mol. The largest absolute Gasteiger partial charge is 0.472 e. The third-order valence-corrected chi connectivity index (χ3v) is 10.1. The van der Waals surface area contributed by atoms with E-state index in [4.69, 9.17) is 45.1 Å². The van der Waals surface area contributed by atoms with Crippen molar-refractivity contribution in [2.45, 2.75) is 49.4 Å². The Kier molecular flexibility index (Phi) is 7.32. The van der Waals surface area contributed by atoms with Crippen molar-refractivity contribution in [1.29, 1.82) is 0 Å². The first-order valence-corrected chi connectivity index (χ1v) is 17.1. The number of ether oxygens (including phenoxy) is 2. The number of hydrogen-bond acceptors (Lipinski definition) is 13. The van der Waals surface area contributed by atoms with Gasteiger partial charge in [-0.1, -0.05) is 18.2 Å². The van der Waals surface area contributed by atoms with Crippen LogP contribution in [0.4, 0.5) is 5.95 Å². The molecule has 2 bridgehead atoms. The SMILES string of the molecule is Nc1nc2c(ncn2[C@@H]2O[C@@H]3COP(=O)(O)O[C@@H]4C[C@H](n5ccc6ccccc65)O[C@@H]4COP(O)(=S)O[C@H]2C3O)c(=O)[nH]1. The lowest BCUT2D eigenvalue weighted by Gasteiger charge is -2.27. The lowest BCUT2D eigenvalue weighted by atomic mass is 10.1. The zero-order valence-corrected chi connectivity index (χ0v) is 24.6. The number of hydrogen-bond donors (Lipinski definition) is 5. The van der Waals surface area contributed by atoms with E-state index in [1.165, 1.54) is 10.9 Å². The second-order valence-corrected chi connectivity index (χ2v) is 14.4. The molecule has 3 fully saturated rings. The lowest BCUT2D eigenvalue weighted by Crippen LogP contribution is -2.35. The number of nitrogens with zero attached hydrogens (tertiary/aromatic N) is 4. The van der Waals surface area contributed by atoms with Crippen molar-refractivity contribution in [3.8, 4) is 0 Å². The van der Waals surface area contributed by atoms with Crippen LogP contribution in [0.15, 0.2) is 47.7 Å². The molecule has 4 aromatic rings. The fourth-order valence-electron chi connectivity index (χ4n) is 5.53. The van der Waals surface area contributed by atoms with E-state index in [1.54, 1.807) is 0 Å². The molecular weight excluding hydrogens is 630 g/mol. The van der Waals surface area contributed by atoms with Gasteiger partial charge in [-0.05, 0) is 29.3 Å². The molecule has 3 saturated heterocycles. The van der Waals surface area contributed by atoms with Crippen LogP contribution in [0.5, 0.6) is 0 Å². The second kappa shape index (κ2) is 10.8. The van der Waals surface area contributed by atoms with Crippen LogP contribution in [0.1, 0.15) is 18.9 Å². The van der Waals surface area contributed by atoms with Crippen molar-refractivity contribution in [3.63, 3.8) is 0 Å². The summed E-state index contributed by atoms with van der Waals surface area (Å²) < 4.78 is 50.4. The normalized spacial score (nSPS) is 37.1. The minimum absolute atomic E-state index is 0.0103. The van der Waals surface area contributed by atoms with Gasteiger partial charge in [-0.25, -0.2) is 9.55 Å². The molecule has 43 heavy (non-hydrogen) atoms. The van der Waals surface area contributed by atoms with Gasteiger partial charge in [-0.15, -0.1) is 0 Å². The third kappa shape index (κ3) is 5.48. The van der Waals surface area contributed by atoms with Crippen LogP contribution in [0.25, 0.3) is 22.1 Å². The third-order valence-electron chi connectivity index (χ3n) is 7.49. The van der Waals surface area contributed by atoms with Gasteiger partial charge in [0.05, 0.1) is 25.1 Å². The molecule has 3 aromatic heterocycles. The van der Waals surface area contributed by atoms with Crippen LogP contribution in [0, 0.1) is 0 Å². The van der Waals surface area contributed by atoms with Crippen LogP contribution in [-0.4, -0.2) is 82.7 Å². The minimum atomic E-state index is -4.75. The Hall–Kier alpha value is -2.57. The highest BCUT2D eigenvalue weighted by Gasteiger charge is 2.51. The van der Waals surface area contributed by atoms with Gasteiger partial charge in [0, 0.05) is 12.6 Å². The van der Waals surface area contributed by atoms with E-state index in [0.717, 1.165) is 10.9 Å². The highest BCUT2D eigenvalue weighted by atomic mass is 32.5. The van der Waals surface area contributed by atoms with Crippen LogP contribution in [-0.2, 0) is 43.9 Å². The summed E-state index contributed by atoms with van der Waals surface area (Å²) in [6.45, 7) is -5.12. The molecule has 0 saturated carbocycles. The molecule has 1 aromatic carbocycles. The number of nitrogens with two attached hydrogens (primary N) is 1. The maximum atomic E-state index is 13.1. The Morgan fingerprint density at radius 3 is 2.67 bits per heavy atom. The van der Waals surface area contributed by atoms with E-state index in [0.29, 0.717) is 0 Å². The highest BCUT2D eigenvalue weighted by molar-refractivity contribution is 8.07. The molecule has 0 radical (unpaired) electrons. The number of nitrogen functional groups attached to an aromatic ring is 1. The molecule has 3 aliphatic rings. The van der Waals surface area contributed by atoms with Crippen LogP contribution >= 0.6 is 14.5 Å². The molecule has 3 unspecified atom stereocenters. The molecule has 17 nitrogen and oxygen atoms in total. The summed E-state index contributed by atoms with van der Waals surface area (Å²) in [6, 6.07) is 9.54. The van der Waals surface area contributed by atoms with Crippen LogP contribution in [0.3, 0.4) is 0 Å². The molecule has 6 N–H and O–H groups in total. The molecule has 3 aliphatic heterocycles. The number of anilines is 1. The van der Waals surface area contributed by atoms with Crippen molar-refractivity contribution in [1.82, 2.24) is 24.1 Å². The topological polar surface area (TPSA) is 228 Å². The van der Waals surface area contributed by atoms with E-state index in [-0.39, 0.29) is 30.1 Å². The van der Waals surface area contributed by atoms with Gasteiger partial charge in [0.25, 0.3) is 5.56 Å². The van der Waals surface area contributed by atoms with E-state index in [1.807, 2.05) is 41.1 Å². The van der Waals surface area contributed by atoms with Crippen LogP contribution in [0.2, 0.25) is 0 Å². The van der Waals surface area contributed by atoms with Crippen molar-refractivity contribution < 1.29 is 47.0 Å². The molecular formula is C23H26N6O11P2S. The van der Waals surface area contributed by atoms with E-state index < -0.39 is 69.7 Å². The fraction of sp³-hybridized carbons (Fsp3) is 0.435. The number of benzene rings is 1. The summed E-state index contributed by atoms with van der Waals surface area (Å²) in [5.41, 5.74) is 5.87. The Morgan fingerprint density at radius 1 is 1.05 bits per heavy atom. The number of phosphoric ester groups is 1. The number of aromatic amines is 1. The van der Waals surface area contributed by atoms with Crippen molar-refractivity contribution in [2.24, 2.45) is 0 Å². The Bertz CT molecular complexity index is 1850. The molecule has 20 heteroatoms. The standard InChI is InChI=1S/C23H26N6O11P2S/c24-23-26-20-17(21(31)27-23)25-10-29(20)22-19-18(30)15(38-22)9-35-41(32,33)39-13-7-16(37-14(13)8-36-42(34,43)40-19)28-6-5-11-3-1-2-4-12(11)28/h1-6,10,13-16,18-19,22,30H,7-9H2,(H,32,33)(H,34,43)(H3,24,26,27,31)/t13-,14-,15-,16-,18?,19+,22-,42?/m1/s1. The first-order valence-electron chi connectivity index (χ1n) is 13.1. The minimum Gasteiger partial charge on any atom is -0.387 e. The van der Waals surface area contributed by atoms with Gasteiger partial charge in [-0.3, -0.25) is 27.9 Å². The molecule has 7 rings (SSSR count). The molecule has 0 amide bonds. The van der Waals surface area contributed by atoms with E-state index in [9.17, 15) is 24.3 Å². The zero-order valence-electron chi connectivity index (χ0n) is 22.0. The smallest absolute Gasteiger partial charge is 0.387 e. The summed E-state index contributed by atoms with van der Waals surface area (Å²) >= 11 is 5.27. The van der Waals surface area contributed by atoms with E-state index >= 15 is 0 Å². The molecule has 9 atom stereocenters. The molecule has 230 valence electrons. The number of phosphoric acid groups is 1. The predicted molar refractivity (Wildman–Crippen MR) is 151 cm³/mol. The molecule has 0 spiro atoms. The number of para-hydroxylation sites is 1. The number of H-pyrrole nitrogens is 1. The number of aliphatic hydroxyl groups is 1. The second-order valence-electron chi connectivity index (χ2n) is 10.2. The Morgan fingerprint density at radius 2 is 1.84 bits per heavy atom. The van der Waals surface area contributed by atoms with Gasteiger partial charge < -0.3 is 39.2 Å². The lowest BCUT2D eigenvalue weighted by molar-refractivity contribution is -0.0634. The molecule has 6 heterocycles. The fourth-order valence-corrected chi connectivity index (χ4v) is 7.91. The summed E-state index contributed by atoms with van der Waals surface area (Å²) in [5, 5.41) is 12.1. The molecule has 0 aliphatic carbocycles. The summed E-state index contributed by atoms with van der Waals surface area (Å²) in [4.78, 5) is 44.4. The zero-order chi connectivity index (χ0) is 30.1. The van der Waals surface area contributed by atoms with Gasteiger partial charge in [0.1, 0.15) is 36.7 Å². The van der Waals surface area contributed by atoms with Gasteiger partial charge >= 0.3 is 14.5 Å². The highest BCUT2D eigenvalue weighted by Crippen LogP contribution is 2.53. The number of aliphatic hydroxyl groups excluding tert-OH is 1. The number of nitrogens with one attached hydrogen (secondary N) is 1. The van der Waals surface area contributed by atoms with Crippen molar-refractivity contribution in [2.75, 3.05) is 18.9 Å². The Balaban J connectivity index is 1.19. The van der Waals surface area contributed by atoms with Gasteiger partial charge in [0.2, 0.25) is 5.95 Å². The first kappa shape index (κ1) is 29.2. The van der Waals surface area contributed by atoms with Gasteiger partial charge in [-0.2, -0.15) is 4.98 Å². The van der Waals surface area contributed by atoms with E-state index in [2.05, 4.69) is 15.0 Å².